The average Bonchev–Trinajstić information content (AvgIpc) is 4.14. The van der Waals surface area contributed by atoms with Gasteiger partial charge in [-0.25, -0.2) is 10.4 Å². The first kappa shape index (κ1) is 51.4. The van der Waals surface area contributed by atoms with E-state index < -0.39 is 59.8 Å². The number of carbonyl (C=O) groups excluding carboxylic acids is 4. The maximum Gasteiger partial charge on any atom is 0.406 e. The number of hydrogen-bond donors (Lipinski definition) is 2. The Kier molecular flexibility index (Phi) is 13.9. The molecule has 4 saturated heterocycles. The molecule has 20 heteroatoms. The number of morpholine rings is 1. The molecule has 3 aromatic rings. The van der Waals surface area contributed by atoms with Gasteiger partial charge in [0.05, 0.1) is 60.5 Å². The van der Waals surface area contributed by atoms with Gasteiger partial charge in [0.15, 0.2) is 0 Å². The second-order valence-corrected chi connectivity index (χ2v) is 24.1. The number of ether oxygens (including phenoxy) is 3. The van der Waals surface area contributed by atoms with Crippen molar-refractivity contribution < 1.29 is 46.6 Å². The smallest absolute Gasteiger partial charge is 0.406 e. The maximum atomic E-state index is 15.1. The van der Waals surface area contributed by atoms with Gasteiger partial charge in [0.2, 0.25) is 11.8 Å². The molecular weight excluding hydrogens is 976 g/mol. The molecule has 2 aliphatic carbocycles. The van der Waals surface area contributed by atoms with E-state index in [1.54, 1.807) is 25.5 Å². The van der Waals surface area contributed by atoms with Crippen LogP contribution < -0.4 is 10.7 Å². The third-order valence-electron chi connectivity index (χ3n) is 17.0. The normalized spacial score (nSPS) is 28.5. The predicted molar refractivity (Wildman–Crippen MR) is 273 cm³/mol. The van der Waals surface area contributed by atoms with Gasteiger partial charge in [-0.15, -0.1) is 11.3 Å². The molecular formula is C54H70F3N9O7S. The van der Waals surface area contributed by atoms with Gasteiger partial charge >= 0.3 is 12.1 Å². The number of alkyl halides is 3. The predicted octanol–water partition coefficient (Wildman–Crippen LogP) is 6.15. The van der Waals surface area contributed by atoms with Crippen molar-refractivity contribution in [3.05, 3.63) is 45.5 Å². The molecule has 1 aromatic carbocycles. The molecule has 3 amide bonds. The Morgan fingerprint density at radius 3 is 2.58 bits per heavy atom. The van der Waals surface area contributed by atoms with Crippen LogP contribution in [0.1, 0.15) is 101 Å². The summed E-state index contributed by atoms with van der Waals surface area (Å²) in [7, 11) is 3.59. The van der Waals surface area contributed by atoms with Crippen LogP contribution in [0.15, 0.2) is 34.3 Å². The Morgan fingerprint density at radius 2 is 1.84 bits per heavy atom. The van der Waals surface area contributed by atoms with Crippen LogP contribution in [-0.2, 0) is 52.8 Å². The fourth-order valence-electron chi connectivity index (χ4n) is 13.1. The maximum absolute atomic E-state index is 15.1. The molecule has 1 spiro atoms. The number of nitrogens with one attached hydrogen (secondary N) is 2. The van der Waals surface area contributed by atoms with Crippen molar-refractivity contribution in [3.63, 3.8) is 0 Å². The highest BCUT2D eigenvalue weighted by Gasteiger charge is 2.61. The number of halogens is 3. The molecule has 2 saturated carbocycles. The fourth-order valence-corrected chi connectivity index (χ4v) is 13.9. The zero-order valence-electron chi connectivity index (χ0n) is 43.2. The molecule has 7 atom stereocenters. The Labute approximate surface area is 434 Å². The summed E-state index contributed by atoms with van der Waals surface area (Å²) in [6, 6.07) is 3.24. The third kappa shape index (κ3) is 10.2. The number of likely N-dealkylation sites (tertiary alicyclic amines) is 1. The first-order valence-electron chi connectivity index (χ1n) is 26.8. The van der Waals surface area contributed by atoms with Crippen LogP contribution >= 0.6 is 11.3 Å². The number of cyclic esters (lactones) is 1. The second-order valence-electron chi connectivity index (χ2n) is 23.1. The van der Waals surface area contributed by atoms with Gasteiger partial charge in [-0.2, -0.15) is 13.2 Å². The quantitative estimate of drug-likeness (QED) is 0.177. The topological polar surface area (TPSA) is 163 Å². The van der Waals surface area contributed by atoms with Crippen molar-refractivity contribution in [2.24, 2.45) is 22.2 Å². The van der Waals surface area contributed by atoms with Gasteiger partial charge in [-0.05, 0) is 101 Å². The van der Waals surface area contributed by atoms with Crippen molar-refractivity contribution in [1.29, 1.82) is 0 Å². The lowest BCUT2D eigenvalue weighted by atomic mass is 9.83. The largest absolute Gasteiger partial charge is 0.464 e. The van der Waals surface area contributed by atoms with Crippen LogP contribution in [0.3, 0.4) is 0 Å². The number of amides is 3. The second kappa shape index (κ2) is 20.0. The fraction of sp³-hybridized carbons (Fsp3) is 0.667. The van der Waals surface area contributed by atoms with E-state index in [-0.39, 0.29) is 43.2 Å². The number of allylic oxidation sites excluding steroid dienone is 1. The van der Waals surface area contributed by atoms with Gasteiger partial charge < -0.3 is 29.0 Å². The minimum atomic E-state index is -4.55. The summed E-state index contributed by atoms with van der Waals surface area (Å²) in [5.74, 6) is -0.351. The summed E-state index contributed by atoms with van der Waals surface area (Å²) in [6.07, 6.45) is 5.10. The van der Waals surface area contributed by atoms with E-state index in [2.05, 4.69) is 20.5 Å². The summed E-state index contributed by atoms with van der Waals surface area (Å²) in [4.78, 5) is 73.8. The lowest BCUT2D eigenvalue weighted by molar-refractivity contribution is -0.198. The molecule has 2 N–H and O–H groups in total. The number of benzene rings is 1. The summed E-state index contributed by atoms with van der Waals surface area (Å²) in [5, 5.41) is 7.76. The molecule has 8 aliphatic rings. The third-order valence-corrected chi connectivity index (χ3v) is 17.9. The monoisotopic (exact) mass is 1050 g/mol. The molecule has 11 rings (SSSR count). The van der Waals surface area contributed by atoms with Crippen LogP contribution in [0.2, 0.25) is 0 Å². The van der Waals surface area contributed by atoms with Crippen molar-refractivity contribution in [2.45, 2.75) is 152 Å². The number of nitrogens with zero attached hydrogens (tertiary/aromatic N) is 7. The van der Waals surface area contributed by atoms with E-state index >= 15 is 4.79 Å². The number of aromatic nitrogens is 2. The van der Waals surface area contributed by atoms with Crippen molar-refractivity contribution >= 4 is 57.7 Å². The van der Waals surface area contributed by atoms with Gasteiger partial charge in [0.1, 0.15) is 30.3 Å². The zero-order valence-corrected chi connectivity index (χ0v) is 44.0. The lowest BCUT2D eigenvalue weighted by Crippen LogP contribution is -2.73. The van der Waals surface area contributed by atoms with Crippen LogP contribution in [0.4, 0.5) is 13.2 Å². The Hall–Kier alpha value is -4.73. The molecule has 16 nitrogen and oxygen atoms in total. The van der Waals surface area contributed by atoms with E-state index in [0.29, 0.717) is 127 Å². The van der Waals surface area contributed by atoms with Gasteiger partial charge in [0.25, 0.3) is 5.91 Å². The standard InChI is InChI=1S/C54H70F3N9O7S/c1-31(71-5)43-35(12-8-18-58-43)46-37-24-52(2,3)30-72-51(70)38-13-9-19-66(61-38)49(68)39(23-42-59-40(25-74-42)34-16-17-41(36(37)22-34)65(46)29-54(55,56)57)60-48(67)45(32-10-6-7-11-32)63-20-21-73-53(26-63)27-64(28-53)50(69)47-44(62(47)4)33-14-15-33/h16-18,22,25,31-33,38-39,44-45,47,61H,6-15,19-21,23-24,26-30H2,1-5H3,(H,60,67)/t31-,38-,39-,44+,45-,47+,62?/m0/s1. The van der Waals surface area contributed by atoms with Gasteiger partial charge in [-0.3, -0.25) is 39.0 Å². The summed E-state index contributed by atoms with van der Waals surface area (Å²) >= 11 is 1.35. The number of likely N-dealkylation sites (N-methyl/N-ethyl adjacent to an activating group) is 1. The minimum Gasteiger partial charge on any atom is -0.464 e. The number of aliphatic imine (C=N–C) groups is 1. The number of carbonyl (C=O) groups is 4. The summed E-state index contributed by atoms with van der Waals surface area (Å²) in [6.45, 7) is 7.15. The van der Waals surface area contributed by atoms with Crippen LogP contribution in [-0.4, -0.2) is 167 Å². The lowest BCUT2D eigenvalue weighted by Gasteiger charge is -2.55. The first-order chi connectivity index (χ1) is 35.4. The highest BCUT2D eigenvalue weighted by molar-refractivity contribution is 7.10. The van der Waals surface area contributed by atoms with E-state index in [0.717, 1.165) is 25.7 Å². The van der Waals surface area contributed by atoms with E-state index in [4.69, 9.17) is 24.2 Å². The average molecular weight is 1050 g/mol. The molecule has 1 unspecified atom stereocenters. The van der Waals surface area contributed by atoms with Gasteiger partial charge in [-0.1, -0.05) is 32.8 Å². The first-order valence-corrected chi connectivity index (χ1v) is 27.7. The minimum absolute atomic E-state index is 0.0475. The molecule has 0 radical (unpaired) electrons. The highest BCUT2D eigenvalue weighted by atomic mass is 32.1. The molecule has 400 valence electrons. The van der Waals surface area contributed by atoms with E-state index in [9.17, 15) is 27.6 Å². The number of hydrazine groups is 1. The van der Waals surface area contributed by atoms with Crippen molar-refractivity contribution in [1.82, 2.24) is 40.0 Å². The molecule has 6 bridgehead atoms. The number of thiazole rings is 1. The van der Waals surface area contributed by atoms with Crippen LogP contribution in [0, 0.1) is 17.3 Å². The van der Waals surface area contributed by atoms with Crippen molar-refractivity contribution in [3.8, 4) is 11.3 Å². The number of methoxy groups -OCH3 is 1. The van der Waals surface area contributed by atoms with Crippen molar-refractivity contribution in [2.75, 3.05) is 60.1 Å². The number of fused-ring (bicyclic) bond motifs is 6. The van der Waals surface area contributed by atoms with Crippen LogP contribution in [0.5, 0.6) is 0 Å². The SMILES string of the molecule is CO[C@@H](C)C1=C(c2c3c4cc(ccc4n2CC(F)(F)F)-c2csc(n2)C[C@H](NC(=O)[C@H](C2CCCC2)N2CCOC4(CN(C(=O)[C@H]5[C@@H](C6CC6)N5C)C4)C2)C(=O)N2CCC[C@H](N2)C(=O)OCC(C)(C)C3)CCC=N1. The van der Waals surface area contributed by atoms with E-state index in [1.165, 1.54) is 33.8 Å². The number of esters is 1. The summed E-state index contributed by atoms with van der Waals surface area (Å²) in [5.41, 5.74) is 5.88. The molecule has 6 aliphatic heterocycles. The Morgan fingerprint density at radius 1 is 1.05 bits per heavy atom. The van der Waals surface area contributed by atoms with Crippen LogP contribution in [0.25, 0.3) is 27.7 Å². The van der Waals surface area contributed by atoms with E-state index in [1.807, 2.05) is 44.2 Å². The number of hydrogen-bond acceptors (Lipinski definition) is 13. The molecule has 2 aromatic heterocycles. The molecule has 74 heavy (non-hydrogen) atoms. The van der Waals surface area contributed by atoms with Gasteiger partial charge in [0, 0.05) is 78.3 Å². The zero-order chi connectivity index (χ0) is 51.8. The molecule has 6 fully saturated rings. The molecule has 8 heterocycles. The highest BCUT2D eigenvalue weighted by Crippen LogP contribution is 2.48. The Bertz CT molecular complexity index is 2740. The summed E-state index contributed by atoms with van der Waals surface area (Å²) < 4.78 is 63.9. The number of rotatable bonds is 10. The Balaban J connectivity index is 0.921.